The molecule has 0 aliphatic carbocycles. The highest BCUT2D eigenvalue weighted by Crippen LogP contribution is 2.25. The van der Waals surface area contributed by atoms with Crippen molar-refractivity contribution in [3.63, 3.8) is 0 Å². The Morgan fingerprint density at radius 1 is 1.32 bits per heavy atom. The standard InChI is InChI=1S/C14H26N4S/c1-11(10-18-7-5-6-8-18)15-9-12-13(14(2,3)4)16-17-19-12/h11,15H,5-10H2,1-4H3. The first kappa shape index (κ1) is 14.9. The fourth-order valence-corrected chi connectivity index (χ4v) is 3.38. The molecule has 1 atom stereocenters. The van der Waals surface area contributed by atoms with Gasteiger partial charge in [-0.05, 0) is 44.4 Å². The van der Waals surface area contributed by atoms with Gasteiger partial charge in [-0.2, -0.15) is 0 Å². The van der Waals surface area contributed by atoms with E-state index in [1.807, 2.05) is 0 Å². The van der Waals surface area contributed by atoms with E-state index in [2.05, 4.69) is 47.5 Å². The lowest BCUT2D eigenvalue weighted by Gasteiger charge is -2.22. The van der Waals surface area contributed by atoms with Crippen molar-refractivity contribution in [2.24, 2.45) is 0 Å². The number of nitrogens with one attached hydrogen (secondary N) is 1. The van der Waals surface area contributed by atoms with Crippen molar-refractivity contribution in [2.45, 2.75) is 58.5 Å². The van der Waals surface area contributed by atoms with Gasteiger partial charge in [-0.3, -0.25) is 0 Å². The summed E-state index contributed by atoms with van der Waals surface area (Å²) in [6.07, 6.45) is 2.72. The van der Waals surface area contributed by atoms with Crippen LogP contribution in [0.1, 0.15) is 51.1 Å². The molecule has 0 bridgehead atoms. The summed E-state index contributed by atoms with van der Waals surface area (Å²) in [5.74, 6) is 0. The average Bonchev–Trinajstić information content (AvgIpc) is 2.95. The van der Waals surface area contributed by atoms with E-state index in [1.165, 1.54) is 42.3 Å². The molecule has 0 radical (unpaired) electrons. The molecule has 0 amide bonds. The third-order valence-corrected chi connectivity index (χ3v) is 4.33. The number of likely N-dealkylation sites (tertiary alicyclic amines) is 1. The number of hydrogen-bond donors (Lipinski definition) is 1. The minimum atomic E-state index is 0.0855. The van der Waals surface area contributed by atoms with Gasteiger partial charge in [0.25, 0.3) is 0 Å². The van der Waals surface area contributed by atoms with Crippen LogP contribution in [-0.2, 0) is 12.0 Å². The Morgan fingerprint density at radius 2 is 2.00 bits per heavy atom. The van der Waals surface area contributed by atoms with Crippen molar-refractivity contribution in [2.75, 3.05) is 19.6 Å². The van der Waals surface area contributed by atoms with Crippen LogP contribution in [0.4, 0.5) is 0 Å². The smallest absolute Gasteiger partial charge is 0.0854 e. The van der Waals surface area contributed by atoms with E-state index in [4.69, 9.17) is 0 Å². The lowest BCUT2D eigenvalue weighted by molar-refractivity contribution is 0.298. The largest absolute Gasteiger partial charge is 0.308 e. The molecule has 2 rings (SSSR count). The molecule has 1 aliphatic rings. The van der Waals surface area contributed by atoms with E-state index >= 15 is 0 Å². The van der Waals surface area contributed by atoms with E-state index in [9.17, 15) is 0 Å². The molecule has 4 nitrogen and oxygen atoms in total. The fraction of sp³-hybridized carbons (Fsp3) is 0.857. The molecule has 1 N–H and O–H groups in total. The summed E-state index contributed by atoms with van der Waals surface area (Å²) in [5.41, 5.74) is 1.22. The second-order valence-electron chi connectivity index (χ2n) is 6.58. The first-order valence-electron chi connectivity index (χ1n) is 7.24. The molecule has 2 heterocycles. The van der Waals surface area contributed by atoms with Gasteiger partial charge in [0.15, 0.2) is 0 Å². The van der Waals surface area contributed by atoms with E-state index in [-0.39, 0.29) is 5.41 Å². The van der Waals surface area contributed by atoms with Gasteiger partial charge in [-0.1, -0.05) is 25.3 Å². The van der Waals surface area contributed by atoms with Crippen LogP contribution in [0.15, 0.2) is 0 Å². The molecule has 5 heteroatoms. The summed E-state index contributed by atoms with van der Waals surface area (Å²) < 4.78 is 4.11. The van der Waals surface area contributed by atoms with Gasteiger partial charge in [0, 0.05) is 24.5 Å². The Labute approximate surface area is 120 Å². The summed E-state index contributed by atoms with van der Waals surface area (Å²) in [4.78, 5) is 3.83. The molecule has 1 aliphatic heterocycles. The Balaban J connectivity index is 1.83. The van der Waals surface area contributed by atoms with E-state index < -0.39 is 0 Å². The molecule has 0 aromatic carbocycles. The highest BCUT2D eigenvalue weighted by atomic mass is 32.1. The molecule has 1 fully saturated rings. The normalized spacial score (nSPS) is 18.9. The number of rotatable bonds is 5. The second kappa shape index (κ2) is 6.29. The van der Waals surface area contributed by atoms with Gasteiger partial charge in [-0.25, -0.2) is 0 Å². The quantitative estimate of drug-likeness (QED) is 0.900. The maximum Gasteiger partial charge on any atom is 0.0854 e. The molecule has 0 saturated carbocycles. The summed E-state index contributed by atoms with van der Waals surface area (Å²) >= 11 is 1.52. The van der Waals surface area contributed by atoms with Gasteiger partial charge >= 0.3 is 0 Å². The lowest BCUT2D eigenvalue weighted by Crippen LogP contribution is -2.37. The maximum atomic E-state index is 4.29. The molecule has 1 aromatic heterocycles. The van der Waals surface area contributed by atoms with Crippen molar-refractivity contribution < 1.29 is 0 Å². The maximum absolute atomic E-state index is 4.29. The second-order valence-corrected chi connectivity index (χ2v) is 7.42. The van der Waals surface area contributed by atoms with Crippen molar-refractivity contribution in [3.05, 3.63) is 10.6 Å². The zero-order chi connectivity index (χ0) is 13.9. The van der Waals surface area contributed by atoms with E-state index in [0.717, 1.165) is 18.8 Å². The SMILES string of the molecule is CC(CN1CCCC1)NCc1snnc1C(C)(C)C. The van der Waals surface area contributed by atoms with Crippen molar-refractivity contribution in [3.8, 4) is 0 Å². The first-order chi connectivity index (χ1) is 8.97. The van der Waals surface area contributed by atoms with Crippen LogP contribution in [0.2, 0.25) is 0 Å². The Kier molecular flexibility index (Phi) is 4.92. The lowest BCUT2D eigenvalue weighted by atomic mass is 9.91. The van der Waals surface area contributed by atoms with Gasteiger partial charge < -0.3 is 10.2 Å². The number of aromatic nitrogens is 2. The van der Waals surface area contributed by atoms with Crippen molar-refractivity contribution in [1.82, 2.24) is 19.8 Å². The van der Waals surface area contributed by atoms with Crippen LogP contribution < -0.4 is 5.32 Å². The third-order valence-electron chi connectivity index (χ3n) is 3.61. The summed E-state index contributed by atoms with van der Waals surface area (Å²) in [6, 6.07) is 0.521. The van der Waals surface area contributed by atoms with Crippen LogP contribution in [-0.4, -0.2) is 40.2 Å². The van der Waals surface area contributed by atoms with Gasteiger partial charge in [-0.15, -0.1) is 5.10 Å². The van der Waals surface area contributed by atoms with Gasteiger partial charge in [0.05, 0.1) is 10.6 Å². The average molecular weight is 282 g/mol. The number of nitrogens with zero attached hydrogens (tertiary/aromatic N) is 3. The number of hydrogen-bond acceptors (Lipinski definition) is 5. The molecule has 1 aromatic rings. The van der Waals surface area contributed by atoms with E-state index in [1.54, 1.807) is 0 Å². The Morgan fingerprint density at radius 3 is 2.63 bits per heavy atom. The highest BCUT2D eigenvalue weighted by molar-refractivity contribution is 7.05. The molecular formula is C14H26N4S. The van der Waals surface area contributed by atoms with Crippen LogP contribution in [0.3, 0.4) is 0 Å². The Bertz CT molecular complexity index is 390. The summed E-state index contributed by atoms with van der Waals surface area (Å²) in [5, 5.41) is 7.90. The van der Waals surface area contributed by atoms with Crippen LogP contribution in [0.25, 0.3) is 0 Å². The minimum Gasteiger partial charge on any atom is -0.308 e. The van der Waals surface area contributed by atoms with Crippen LogP contribution in [0.5, 0.6) is 0 Å². The minimum absolute atomic E-state index is 0.0855. The predicted molar refractivity (Wildman–Crippen MR) is 80.6 cm³/mol. The summed E-state index contributed by atoms with van der Waals surface area (Å²) in [6.45, 7) is 13.4. The predicted octanol–water partition coefficient (Wildman–Crippen LogP) is 2.41. The molecule has 1 saturated heterocycles. The zero-order valence-electron chi connectivity index (χ0n) is 12.6. The van der Waals surface area contributed by atoms with Crippen molar-refractivity contribution in [1.29, 1.82) is 0 Å². The molecule has 19 heavy (non-hydrogen) atoms. The highest BCUT2D eigenvalue weighted by Gasteiger charge is 2.22. The van der Waals surface area contributed by atoms with Gasteiger partial charge in [0.2, 0.25) is 0 Å². The molecule has 0 spiro atoms. The third kappa shape index (κ3) is 4.23. The first-order valence-corrected chi connectivity index (χ1v) is 8.01. The summed E-state index contributed by atoms with van der Waals surface area (Å²) in [7, 11) is 0. The molecule has 1 unspecified atom stereocenters. The van der Waals surface area contributed by atoms with Crippen LogP contribution in [0, 0.1) is 0 Å². The van der Waals surface area contributed by atoms with Crippen LogP contribution >= 0.6 is 11.5 Å². The fourth-order valence-electron chi connectivity index (χ4n) is 2.58. The molecular weight excluding hydrogens is 256 g/mol. The van der Waals surface area contributed by atoms with E-state index in [0.29, 0.717) is 6.04 Å². The molecule has 108 valence electrons. The topological polar surface area (TPSA) is 41.0 Å². The Hall–Kier alpha value is -0.520. The van der Waals surface area contributed by atoms with Crippen molar-refractivity contribution >= 4 is 11.5 Å². The van der Waals surface area contributed by atoms with Gasteiger partial charge in [0.1, 0.15) is 0 Å². The zero-order valence-corrected chi connectivity index (χ0v) is 13.4. The monoisotopic (exact) mass is 282 g/mol.